The van der Waals surface area contributed by atoms with Gasteiger partial charge in [0.25, 0.3) is 0 Å². The molecule has 324 valence electrons. The molecule has 0 aliphatic carbocycles. The minimum absolute atomic E-state index is 1.19. The molecular formula is C70H44. The lowest BCUT2D eigenvalue weighted by molar-refractivity contribution is 1.61. The quantitative estimate of drug-likeness (QED) is 0.146. The largest absolute Gasteiger partial charge is 0.0616 e. The van der Waals surface area contributed by atoms with E-state index in [1.165, 1.54) is 142 Å². The molecule has 0 unspecified atom stereocenters. The van der Waals surface area contributed by atoms with Gasteiger partial charge in [-0.1, -0.05) is 224 Å². The molecule has 14 rings (SSSR count). The van der Waals surface area contributed by atoms with Crippen LogP contribution in [0.1, 0.15) is 0 Å². The van der Waals surface area contributed by atoms with Gasteiger partial charge in [-0.25, -0.2) is 0 Å². The van der Waals surface area contributed by atoms with Gasteiger partial charge < -0.3 is 0 Å². The Morgan fingerprint density at radius 3 is 0.714 bits per heavy atom. The highest BCUT2D eigenvalue weighted by Gasteiger charge is 2.21. The third-order valence-electron chi connectivity index (χ3n) is 14.7. The molecule has 0 atom stereocenters. The highest BCUT2D eigenvalue weighted by atomic mass is 14.2. The zero-order valence-electron chi connectivity index (χ0n) is 38.4. The summed E-state index contributed by atoms with van der Waals surface area (Å²) in [5.41, 5.74) is 14.6. The molecule has 0 N–H and O–H groups in total. The van der Waals surface area contributed by atoms with Crippen LogP contribution in [-0.2, 0) is 0 Å². The van der Waals surface area contributed by atoms with E-state index in [1.54, 1.807) is 0 Å². The first-order valence-electron chi connectivity index (χ1n) is 24.3. The molecule has 0 heteroatoms. The first kappa shape index (κ1) is 40.0. The van der Waals surface area contributed by atoms with Crippen LogP contribution in [0.5, 0.6) is 0 Å². The minimum atomic E-state index is 1.19. The van der Waals surface area contributed by atoms with Gasteiger partial charge in [-0.05, 0) is 185 Å². The van der Waals surface area contributed by atoms with Crippen LogP contribution in [0, 0.1) is 0 Å². The molecule has 0 aromatic heterocycles. The Hall–Kier alpha value is -9.10. The van der Waals surface area contributed by atoms with Crippen molar-refractivity contribution in [1.82, 2.24) is 0 Å². The van der Waals surface area contributed by atoms with E-state index < -0.39 is 0 Å². The van der Waals surface area contributed by atoms with E-state index in [-0.39, 0.29) is 0 Å². The van der Waals surface area contributed by atoms with E-state index in [0.29, 0.717) is 0 Å². The summed E-state index contributed by atoms with van der Waals surface area (Å²) in [7, 11) is 0. The molecule has 0 amide bonds. The summed E-state index contributed by atoms with van der Waals surface area (Å²) in [6.07, 6.45) is 0. The zero-order chi connectivity index (χ0) is 46.1. The van der Waals surface area contributed by atoms with Gasteiger partial charge in [0.2, 0.25) is 0 Å². The third-order valence-corrected chi connectivity index (χ3v) is 14.7. The summed E-state index contributed by atoms with van der Waals surface area (Å²) >= 11 is 0. The van der Waals surface area contributed by atoms with E-state index in [9.17, 15) is 0 Å². The number of hydrogen-bond acceptors (Lipinski definition) is 0. The first-order chi connectivity index (χ1) is 34.7. The molecule has 0 nitrogen and oxygen atoms in total. The van der Waals surface area contributed by atoms with Crippen molar-refractivity contribution in [2.24, 2.45) is 0 Å². The van der Waals surface area contributed by atoms with Crippen LogP contribution >= 0.6 is 0 Å². The van der Waals surface area contributed by atoms with Crippen molar-refractivity contribution in [1.29, 1.82) is 0 Å². The lowest BCUT2D eigenvalue weighted by Crippen LogP contribution is -1.94. The first-order valence-corrected chi connectivity index (χ1v) is 24.3. The number of hydrogen-bond donors (Lipinski definition) is 0. The van der Waals surface area contributed by atoms with Gasteiger partial charge in [0.15, 0.2) is 0 Å². The number of benzene rings is 14. The highest BCUT2D eigenvalue weighted by molar-refractivity contribution is 6.23. The maximum absolute atomic E-state index is 2.47. The molecule has 14 aromatic carbocycles. The Bertz CT molecular complexity index is 4190. The fourth-order valence-electron chi connectivity index (χ4n) is 11.7. The topological polar surface area (TPSA) is 0 Å². The summed E-state index contributed by atoms with van der Waals surface area (Å²) in [6, 6.07) is 99.4. The SMILES string of the molecule is c1ccc2c(-c3cc(-c4cccc5ccccc45)cc(-c4c5ccccc5c(-c5cc(-c6cccc7ccccc67)cc(-c6c7ccccc7cc7ccccc67)c5)c5ccccc45)c3)cccc2c1. The summed E-state index contributed by atoms with van der Waals surface area (Å²) in [5, 5.41) is 17.3. The van der Waals surface area contributed by atoms with E-state index in [4.69, 9.17) is 0 Å². The molecule has 0 saturated carbocycles. The maximum Gasteiger partial charge on any atom is -0.00259 e. The molecule has 0 bridgehead atoms. The van der Waals surface area contributed by atoms with Gasteiger partial charge in [0.1, 0.15) is 0 Å². The van der Waals surface area contributed by atoms with Crippen LogP contribution in [0.3, 0.4) is 0 Å². The average Bonchev–Trinajstić information content (AvgIpc) is 3.43. The molecular weight excluding hydrogens is 841 g/mol. The molecule has 0 spiro atoms. The van der Waals surface area contributed by atoms with Crippen LogP contribution in [0.2, 0.25) is 0 Å². The van der Waals surface area contributed by atoms with E-state index >= 15 is 0 Å². The van der Waals surface area contributed by atoms with Crippen molar-refractivity contribution in [2.75, 3.05) is 0 Å². The van der Waals surface area contributed by atoms with Gasteiger partial charge in [0, 0.05) is 0 Å². The molecule has 14 aromatic rings. The van der Waals surface area contributed by atoms with Crippen LogP contribution in [0.15, 0.2) is 267 Å². The summed E-state index contributed by atoms with van der Waals surface area (Å²) in [5.74, 6) is 0. The number of fused-ring (bicyclic) bond motifs is 7. The monoisotopic (exact) mass is 884 g/mol. The van der Waals surface area contributed by atoms with Crippen LogP contribution in [0.25, 0.3) is 142 Å². The highest BCUT2D eigenvalue weighted by Crippen LogP contribution is 2.49. The molecule has 0 aliphatic heterocycles. The molecule has 0 radical (unpaired) electrons. The van der Waals surface area contributed by atoms with E-state index in [0.717, 1.165) is 0 Å². The third kappa shape index (κ3) is 6.53. The Labute approximate surface area is 407 Å². The lowest BCUT2D eigenvalue weighted by Gasteiger charge is -2.21. The average molecular weight is 885 g/mol. The smallest absolute Gasteiger partial charge is 0.00259 e. The second-order valence-electron chi connectivity index (χ2n) is 18.7. The van der Waals surface area contributed by atoms with Crippen LogP contribution in [-0.4, -0.2) is 0 Å². The fourth-order valence-corrected chi connectivity index (χ4v) is 11.7. The van der Waals surface area contributed by atoms with Crippen molar-refractivity contribution in [3.8, 4) is 66.8 Å². The zero-order valence-corrected chi connectivity index (χ0v) is 38.4. The summed E-state index contributed by atoms with van der Waals surface area (Å²) < 4.78 is 0. The number of rotatable bonds is 6. The van der Waals surface area contributed by atoms with Crippen molar-refractivity contribution >= 4 is 75.4 Å². The second kappa shape index (κ2) is 16.3. The Kier molecular flexibility index (Phi) is 9.32. The lowest BCUT2D eigenvalue weighted by atomic mass is 9.82. The molecule has 0 aliphatic rings. The van der Waals surface area contributed by atoms with Crippen molar-refractivity contribution in [3.63, 3.8) is 0 Å². The fraction of sp³-hybridized carbons (Fsp3) is 0. The van der Waals surface area contributed by atoms with Gasteiger partial charge in [-0.2, -0.15) is 0 Å². The Morgan fingerprint density at radius 1 is 0.143 bits per heavy atom. The van der Waals surface area contributed by atoms with Crippen LogP contribution in [0.4, 0.5) is 0 Å². The van der Waals surface area contributed by atoms with E-state index in [2.05, 4.69) is 267 Å². The normalized spacial score (nSPS) is 11.7. The van der Waals surface area contributed by atoms with Crippen molar-refractivity contribution in [3.05, 3.63) is 267 Å². The van der Waals surface area contributed by atoms with Gasteiger partial charge >= 0.3 is 0 Å². The Balaban J connectivity index is 1.08. The molecule has 0 heterocycles. The molecule has 0 fully saturated rings. The minimum Gasteiger partial charge on any atom is -0.0616 e. The predicted molar refractivity (Wildman–Crippen MR) is 302 cm³/mol. The predicted octanol–water partition coefficient (Wildman–Crippen LogP) is 19.8. The van der Waals surface area contributed by atoms with Crippen LogP contribution < -0.4 is 0 Å². The van der Waals surface area contributed by atoms with Gasteiger partial charge in [-0.15, -0.1) is 0 Å². The summed E-state index contributed by atoms with van der Waals surface area (Å²) in [6.45, 7) is 0. The van der Waals surface area contributed by atoms with Crippen molar-refractivity contribution < 1.29 is 0 Å². The Morgan fingerprint density at radius 2 is 0.371 bits per heavy atom. The second-order valence-corrected chi connectivity index (χ2v) is 18.7. The van der Waals surface area contributed by atoms with Crippen molar-refractivity contribution in [2.45, 2.75) is 0 Å². The van der Waals surface area contributed by atoms with E-state index in [1.807, 2.05) is 0 Å². The molecule has 0 saturated heterocycles. The van der Waals surface area contributed by atoms with Gasteiger partial charge in [-0.3, -0.25) is 0 Å². The summed E-state index contributed by atoms with van der Waals surface area (Å²) in [4.78, 5) is 0. The standard InChI is InChI=1S/C70H44/c1-6-26-56-45(18-1)23-15-35-59(56)50-39-51(60-36-16-24-46-19-2-7-27-57(46)60)41-53(40-50)69-64-31-11-13-33-66(64)70(67-34-14-12-32-65(67)69)55-43-52(61-37-17-25-47-20-3-8-28-58(47)61)42-54(44-55)68-62-29-9-4-21-48(62)38-49-22-5-10-30-63(49)68/h1-44H. The molecule has 70 heavy (non-hydrogen) atoms. The van der Waals surface area contributed by atoms with Gasteiger partial charge in [0.05, 0.1) is 0 Å². The maximum atomic E-state index is 2.47.